The number of imidazole rings is 1. The maximum atomic E-state index is 10.5. The van der Waals surface area contributed by atoms with Crippen LogP contribution in [0.2, 0.25) is 0 Å². The van der Waals surface area contributed by atoms with E-state index in [-0.39, 0.29) is 0 Å². The molecule has 0 fully saturated rings. The maximum Gasteiger partial charge on any atom is 0.152 e. The first kappa shape index (κ1) is 21.8. The molecule has 1 atom stereocenters. The van der Waals surface area contributed by atoms with Crippen molar-refractivity contribution in [1.82, 2.24) is 9.55 Å². The summed E-state index contributed by atoms with van der Waals surface area (Å²) in [6, 6.07) is 33.6. The summed E-state index contributed by atoms with van der Waals surface area (Å²) in [5.41, 5.74) is 3.29. The highest BCUT2D eigenvalue weighted by Gasteiger charge is 2.41. The Bertz CT molecular complexity index is 1250. The average molecular weight is 515 g/mol. The van der Waals surface area contributed by atoms with Gasteiger partial charge in [0.05, 0.1) is 16.7 Å². The summed E-state index contributed by atoms with van der Waals surface area (Å²) in [5, 5.41) is 12.6. The molecule has 164 valence electrons. The maximum absolute atomic E-state index is 10.5. The van der Waals surface area contributed by atoms with Gasteiger partial charge in [-0.25, -0.2) is 4.98 Å². The van der Waals surface area contributed by atoms with Crippen molar-refractivity contribution in [2.45, 2.75) is 18.6 Å². The molecule has 0 bridgehead atoms. The third-order valence-electron chi connectivity index (χ3n) is 5.91. The molecule has 33 heavy (non-hydrogen) atoms. The Morgan fingerprint density at radius 2 is 1.30 bits per heavy atom. The Labute approximate surface area is 206 Å². The number of aliphatic hydroxyl groups excluding tert-OH is 1. The van der Waals surface area contributed by atoms with Gasteiger partial charge in [-0.3, -0.25) is 0 Å². The van der Waals surface area contributed by atoms with Crippen molar-refractivity contribution in [1.29, 1.82) is 0 Å². The van der Waals surface area contributed by atoms with E-state index in [0.29, 0.717) is 5.69 Å². The first-order valence-electron chi connectivity index (χ1n) is 10.8. The highest BCUT2D eigenvalue weighted by atomic mass is 79.9. The Balaban J connectivity index is 1.96. The monoisotopic (exact) mass is 514 g/mol. The lowest BCUT2D eigenvalue weighted by Gasteiger charge is -2.38. The number of nitrogens with zero attached hydrogens (tertiary/aromatic N) is 2. The van der Waals surface area contributed by atoms with E-state index < -0.39 is 11.6 Å². The van der Waals surface area contributed by atoms with Gasteiger partial charge < -0.3 is 9.67 Å². The normalized spacial score (nSPS) is 12.6. The number of hydrogen-bond acceptors (Lipinski definition) is 3. The third-order valence-corrected chi connectivity index (χ3v) is 7.74. The van der Waals surface area contributed by atoms with Gasteiger partial charge in [0, 0.05) is 10.7 Å². The van der Waals surface area contributed by atoms with Gasteiger partial charge in [-0.1, -0.05) is 91.0 Å². The van der Waals surface area contributed by atoms with Crippen LogP contribution in [0.5, 0.6) is 0 Å². The Morgan fingerprint density at radius 1 is 0.818 bits per heavy atom. The van der Waals surface area contributed by atoms with Crippen LogP contribution in [0.3, 0.4) is 0 Å². The molecule has 0 saturated carbocycles. The second-order valence-corrected chi connectivity index (χ2v) is 9.71. The number of hydrogen-bond donors (Lipinski definition) is 1. The molecular formula is C28H23BrN2OS. The molecule has 5 heteroatoms. The number of rotatable bonds is 6. The molecule has 0 saturated heterocycles. The van der Waals surface area contributed by atoms with Crippen molar-refractivity contribution in [3.63, 3.8) is 0 Å². The van der Waals surface area contributed by atoms with Crippen LogP contribution < -0.4 is 0 Å². The number of aromatic nitrogens is 2. The van der Waals surface area contributed by atoms with Gasteiger partial charge in [0.1, 0.15) is 5.54 Å². The molecule has 0 aliphatic carbocycles. The molecule has 1 N–H and O–H groups in total. The van der Waals surface area contributed by atoms with Crippen LogP contribution in [0, 0.1) is 0 Å². The average Bonchev–Trinajstić information content (AvgIpc) is 3.48. The first-order valence-corrected chi connectivity index (χ1v) is 12.5. The standard InChI is InChI=1S/C28H23BrN2OS/c1-20(32)25-19-31(27(30-25)26-24(29)17-18-33-26)28(21-11-5-2-6-12-21,22-13-7-3-8-14-22)23-15-9-4-10-16-23/h2-20,32H,1H3. The van der Waals surface area contributed by atoms with Crippen molar-refractivity contribution < 1.29 is 5.11 Å². The molecule has 0 aliphatic heterocycles. The molecule has 5 aromatic rings. The van der Waals surface area contributed by atoms with Crippen LogP contribution in [0.15, 0.2) is 113 Å². The van der Waals surface area contributed by atoms with Gasteiger partial charge in [0.15, 0.2) is 5.82 Å². The minimum absolute atomic E-state index is 0.637. The summed E-state index contributed by atoms with van der Waals surface area (Å²) in [6.45, 7) is 1.76. The number of aliphatic hydroxyl groups is 1. The third kappa shape index (κ3) is 3.76. The van der Waals surface area contributed by atoms with E-state index in [4.69, 9.17) is 4.98 Å². The first-order chi connectivity index (χ1) is 16.1. The van der Waals surface area contributed by atoms with Gasteiger partial charge >= 0.3 is 0 Å². The van der Waals surface area contributed by atoms with Crippen molar-refractivity contribution in [3.05, 3.63) is 135 Å². The zero-order valence-electron chi connectivity index (χ0n) is 18.1. The predicted molar refractivity (Wildman–Crippen MR) is 138 cm³/mol. The van der Waals surface area contributed by atoms with E-state index >= 15 is 0 Å². The molecule has 3 nitrogen and oxygen atoms in total. The van der Waals surface area contributed by atoms with E-state index in [1.165, 1.54) is 0 Å². The zero-order chi connectivity index (χ0) is 22.8. The minimum atomic E-state index is -0.692. The van der Waals surface area contributed by atoms with Crippen LogP contribution in [-0.4, -0.2) is 14.7 Å². The van der Waals surface area contributed by atoms with E-state index in [2.05, 4.69) is 98.7 Å². The fourth-order valence-corrected chi connectivity index (χ4v) is 5.96. The summed E-state index contributed by atoms with van der Waals surface area (Å²) in [6.07, 6.45) is 1.31. The molecule has 0 aliphatic rings. The summed E-state index contributed by atoms with van der Waals surface area (Å²) >= 11 is 5.35. The van der Waals surface area contributed by atoms with Gasteiger partial charge in [-0.05, 0) is 51.0 Å². The van der Waals surface area contributed by atoms with E-state index in [9.17, 15) is 5.11 Å². The lowest BCUT2D eigenvalue weighted by molar-refractivity contribution is 0.194. The lowest BCUT2D eigenvalue weighted by Crippen LogP contribution is -2.37. The van der Waals surface area contributed by atoms with E-state index in [1.54, 1.807) is 18.3 Å². The molecule has 0 radical (unpaired) electrons. The lowest BCUT2D eigenvalue weighted by atomic mass is 9.76. The van der Waals surface area contributed by atoms with Gasteiger partial charge in [0.25, 0.3) is 0 Å². The quantitative estimate of drug-likeness (QED) is 0.242. The van der Waals surface area contributed by atoms with E-state index in [0.717, 1.165) is 31.9 Å². The number of thiophene rings is 1. The van der Waals surface area contributed by atoms with Crippen molar-refractivity contribution in [2.75, 3.05) is 0 Å². The van der Waals surface area contributed by atoms with Crippen LogP contribution in [0.4, 0.5) is 0 Å². The Morgan fingerprint density at radius 3 is 1.70 bits per heavy atom. The van der Waals surface area contributed by atoms with Gasteiger partial charge in [-0.2, -0.15) is 0 Å². The summed E-state index contributed by atoms with van der Waals surface area (Å²) < 4.78 is 3.21. The molecular weight excluding hydrogens is 492 g/mol. The molecule has 1 unspecified atom stereocenters. The molecule has 0 spiro atoms. The fourth-order valence-electron chi connectivity index (χ4n) is 4.42. The summed E-state index contributed by atoms with van der Waals surface area (Å²) in [4.78, 5) is 5.97. The Hall–Kier alpha value is -2.99. The van der Waals surface area contributed by atoms with Gasteiger partial charge in [-0.15, -0.1) is 11.3 Å². The number of benzene rings is 3. The highest BCUT2D eigenvalue weighted by Crippen LogP contribution is 2.45. The molecule has 2 aromatic heterocycles. The second kappa shape index (κ2) is 9.10. The van der Waals surface area contributed by atoms with E-state index in [1.807, 2.05) is 30.5 Å². The van der Waals surface area contributed by atoms with Crippen LogP contribution in [-0.2, 0) is 5.54 Å². The smallest absolute Gasteiger partial charge is 0.152 e. The highest BCUT2D eigenvalue weighted by molar-refractivity contribution is 9.10. The van der Waals surface area contributed by atoms with Crippen LogP contribution in [0.25, 0.3) is 10.7 Å². The van der Waals surface area contributed by atoms with Crippen molar-refractivity contribution >= 4 is 27.3 Å². The fraction of sp³-hybridized carbons (Fsp3) is 0.107. The summed E-state index contributed by atoms with van der Waals surface area (Å²) in [5.74, 6) is 0.810. The topological polar surface area (TPSA) is 38.0 Å². The van der Waals surface area contributed by atoms with Crippen molar-refractivity contribution in [2.24, 2.45) is 0 Å². The molecule has 5 rings (SSSR count). The zero-order valence-corrected chi connectivity index (χ0v) is 20.5. The summed E-state index contributed by atoms with van der Waals surface area (Å²) in [7, 11) is 0. The molecule has 3 aromatic carbocycles. The van der Waals surface area contributed by atoms with Crippen molar-refractivity contribution in [3.8, 4) is 10.7 Å². The molecule has 2 heterocycles. The molecule has 0 amide bonds. The SMILES string of the molecule is CC(O)c1cn(C(c2ccccc2)(c2ccccc2)c2ccccc2)c(-c2sccc2Br)n1. The largest absolute Gasteiger partial charge is 0.387 e. The van der Waals surface area contributed by atoms with Crippen LogP contribution in [0.1, 0.15) is 35.4 Å². The van der Waals surface area contributed by atoms with Crippen LogP contribution >= 0.6 is 27.3 Å². The number of halogens is 1. The predicted octanol–water partition coefficient (Wildman–Crippen LogP) is 7.27. The second-order valence-electron chi connectivity index (χ2n) is 7.94. The Kier molecular flexibility index (Phi) is 6.02. The minimum Gasteiger partial charge on any atom is -0.387 e. The van der Waals surface area contributed by atoms with Gasteiger partial charge in [0.2, 0.25) is 0 Å².